The zero-order chi connectivity index (χ0) is 17.8. The van der Waals surface area contributed by atoms with E-state index in [-0.39, 0.29) is 6.54 Å². The first-order chi connectivity index (χ1) is 10.9. The van der Waals surface area contributed by atoms with Crippen LogP contribution in [-0.2, 0) is 4.79 Å². The average molecular weight is 401 g/mol. The molecule has 0 atom stereocenters. The normalized spacial score (nSPS) is 14.0. The van der Waals surface area contributed by atoms with Gasteiger partial charge in [0.05, 0.1) is 0 Å². The maximum atomic E-state index is 12.5. The van der Waals surface area contributed by atoms with E-state index in [2.05, 4.69) is 39.4 Å². The summed E-state index contributed by atoms with van der Waals surface area (Å²) in [7, 11) is 1.55. The number of aliphatic imine (C=N–C) groups is 1. The van der Waals surface area contributed by atoms with Crippen LogP contribution in [0.5, 0.6) is 0 Å². The monoisotopic (exact) mass is 400 g/mol. The van der Waals surface area contributed by atoms with Crippen LogP contribution in [0.2, 0.25) is 0 Å². The van der Waals surface area contributed by atoms with Crippen LogP contribution >= 0.6 is 27.7 Å². The molecule has 0 rings (SSSR count). The molecule has 0 fully saturated rings. The highest BCUT2D eigenvalue weighted by Gasteiger charge is 2.14. The topological polar surface area (TPSA) is 58.5 Å². The Labute approximate surface area is 148 Å². The van der Waals surface area contributed by atoms with Gasteiger partial charge in [-0.05, 0) is 18.6 Å². The van der Waals surface area contributed by atoms with Gasteiger partial charge < -0.3 is 5.32 Å². The Balaban J connectivity index is 5.82. The standard InChI is InChI=1S/C16H18BrFN2O2S/c1-5-8-11(10-21)15(19-4)23-14(7-3)12(13(17)6-2)9-20-16(18)22/h5-8,10H,1,3,9H2,2,4H3,(H,20,22)/b11-8-,13-6+,14-12+,19-15?. The number of carbonyl (C=O) groups is 2. The Kier molecular flexibility index (Phi) is 10.9. The number of hydrogen-bond donors (Lipinski definition) is 1. The van der Waals surface area contributed by atoms with E-state index in [1.807, 2.05) is 0 Å². The van der Waals surface area contributed by atoms with Crippen molar-refractivity contribution >= 4 is 45.2 Å². The summed E-state index contributed by atoms with van der Waals surface area (Å²) in [6.07, 6.45) is 5.38. The number of thioether (sulfide) groups is 1. The Morgan fingerprint density at radius 1 is 1.43 bits per heavy atom. The van der Waals surface area contributed by atoms with E-state index in [0.717, 1.165) is 0 Å². The number of aldehydes is 1. The minimum Gasteiger partial charge on any atom is -0.324 e. The second-order valence-corrected chi connectivity index (χ2v) is 5.80. The first kappa shape index (κ1) is 21.3. The van der Waals surface area contributed by atoms with Crippen LogP contribution in [-0.4, -0.2) is 31.1 Å². The molecule has 0 radical (unpaired) electrons. The Morgan fingerprint density at radius 3 is 2.48 bits per heavy atom. The van der Waals surface area contributed by atoms with E-state index >= 15 is 0 Å². The van der Waals surface area contributed by atoms with Gasteiger partial charge >= 0.3 is 6.16 Å². The molecule has 0 bridgehead atoms. The fraction of sp³-hybridized carbons (Fsp3) is 0.188. The first-order valence-electron chi connectivity index (χ1n) is 6.49. The van der Waals surface area contributed by atoms with Crippen molar-refractivity contribution in [3.63, 3.8) is 0 Å². The number of rotatable bonds is 8. The van der Waals surface area contributed by atoms with Gasteiger partial charge in [0.2, 0.25) is 0 Å². The van der Waals surface area contributed by atoms with Crippen LogP contribution in [0.3, 0.4) is 0 Å². The molecule has 0 aliphatic rings. The summed E-state index contributed by atoms with van der Waals surface area (Å²) in [4.78, 5) is 26.4. The zero-order valence-electron chi connectivity index (χ0n) is 12.9. The lowest BCUT2D eigenvalue weighted by atomic mass is 10.2. The molecule has 1 N–H and O–H groups in total. The average Bonchev–Trinajstić information content (AvgIpc) is 2.55. The number of allylic oxidation sites excluding steroid dienone is 4. The highest BCUT2D eigenvalue weighted by atomic mass is 79.9. The third kappa shape index (κ3) is 7.38. The van der Waals surface area contributed by atoms with Crippen LogP contribution in [0.1, 0.15) is 6.92 Å². The summed E-state index contributed by atoms with van der Waals surface area (Å²) in [5, 5.41) is 2.55. The summed E-state index contributed by atoms with van der Waals surface area (Å²) < 4.78 is 13.1. The minimum absolute atomic E-state index is 0.0345. The minimum atomic E-state index is -1.63. The molecule has 0 heterocycles. The van der Waals surface area contributed by atoms with Crippen molar-refractivity contribution in [2.75, 3.05) is 13.6 Å². The van der Waals surface area contributed by atoms with Crippen LogP contribution < -0.4 is 5.32 Å². The third-order valence-corrected chi connectivity index (χ3v) is 4.69. The van der Waals surface area contributed by atoms with E-state index in [9.17, 15) is 14.0 Å². The van der Waals surface area contributed by atoms with Crippen LogP contribution in [0, 0.1) is 0 Å². The second-order valence-electron chi connectivity index (χ2n) is 3.92. The van der Waals surface area contributed by atoms with Gasteiger partial charge in [-0.25, -0.2) is 4.79 Å². The van der Waals surface area contributed by atoms with Crippen molar-refractivity contribution < 1.29 is 14.0 Å². The number of hydrogen-bond acceptors (Lipinski definition) is 4. The molecule has 0 aliphatic heterocycles. The molecular formula is C16H18BrFN2O2S. The van der Waals surface area contributed by atoms with Crippen LogP contribution in [0.15, 0.2) is 63.0 Å². The van der Waals surface area contributed by atoms with Gasteiger partial charge in [0, 0.05) is 28.6 Å². The zero-order valence-corrected chi connectivity index (χ0v) is 15.3. The summed E-state index contributed by atoms with van der Waals surface area (Å²) in [5.41, 5.74) is 0.973. The largest absolute Gasteiger partial charge is 0.397 e. The lowest BCUT2D eigenvalue weighted by molar-refractivity contribution is -0.104. The quantitative estimate of drug-likeness (QED) is 0.124. The number of nitrogens with zero attached hydrogens (tertiary/aromatic N) is 1. The second kappa shape index (κ2) is 11.8. The summed E-state index contributed by atoms with van der Waals surface area (Å²) >= 11 is 4.55. The van der Waals surface area contributed by atoms with Gasteiger partial charge in [-0.2, -0.15) is 0 Å². The maximum Gasteiger partial charge on any atom is 0.397 e. The molecule has 0 saturated carbocycles. The summed E-state index contributed by atoms with van der Waals surface area (Å²) in [6.45, 7) is 9.03. The number of halogens is 2. The molecule has 0 saturated heterocycles. The number of nitrogens with one attached hydrogen (secondary N) is 1. The fourth-order valence-corrected chi connectivity index (χ4v) is 2.88. The Bertz CT molecular complexity index is 607. The van der Waals surface area contributed by atoms with Gasteiger partial charge in [-0.3, -0.25) is 9.79 Å². The van der Waals surface area contributed by atoms with Gasteiger partial charge in [0.1, 0.15) is 5.04 Å². The van der Waals surface area contributed by atoms with Crippen molar-refractivity contribution in [1.82, 2.24) is 5.32 Å². The molecule has 7 heteroatoms. The molecule has 0 unspecified atom stereocenters. The molecule has 0 spiro atoms. The number of amides is 1. The van der Waals surface area contributed by atoms with Crippen molar-refractivity contribution in [2.24, 2.45) is 4.99 Å². The third-order valence-electron chi connectivity index (χ3n) is 2.51. The van der Waals surface area contributed by atoms with E-state index in [4.69, 9.17) is 0 Å². The molecule has 0 aromatic rings. The van der Waals surface area contributed by atoms with E-state index in [1.165, 1.54) is 23.9 Å². The van der Waals surface area contributed by atoms with E-state index < -0.39 is 6.16 Å². The molecule has 1 amide bonds. The van der Waals surface area contributed by atoms with Crippen molar-refractivity contribution in [3.05, 3.63) is 58.0 Å². The molecule has 23 heavy (non-hydrogen) atoms. The molecule has 0 aromatic heterocycles. The predicted molar refractivity (Wildman–Crippen MR) is 99.7 cm³/mol. The van der Waals surface area contributed by atoms with E-state index in [1.54, 1.807) is 26.1 Å². The summed E-state index contributed by atoms with van der Waals surface area (Å²) in [5.74, 6) is 0. The lowest BCUT2D eigenvalue weighted by Crippen LogP contribution is -2.21. The Hall–Kier alpha value is -1.73. The molecular weight excluding hydrogens is 383 g/mol. The van der Waals surface area contributed by atoms with Gasteiger partial charge in [-0.1, -0.05) is 59.1 Å². The SMILES string of the molecule is C=C/C=C(/C=O)C(=NC)S/C(C=C)=C(CNC(=O)F)/C(Br)=C\C. The van der Waals surface area contributed by atoms with E-state index in [0.29, 0.717) is 31.9 Å². The molecule has 124 valence electrons. The fourth-order valence-electron chi connectivity index (χ4n) is 1.47. The van der Waals surface area contributed by atoms with Gasteiger partial charge in [0.15, 0.2) is 6.29 Å². The highest BCUT2D eigenvalue weighted by Crippen LogP contribution is 2.31. The van der Waals surface area contributed by atoms with Crippen molar-refractivity contribution in [3.8, 4) is 0 Å². The van der Waals surface area contributed by atoms with Gasteiger partial charge in [-0.15, -0.1) is 4.39 Å². The van der Waals surface area contributed by atoms with Gasteiger partial charge in [0.25, 0.3) is 0 Å². The molecule has 0 aromatic carbocycles. The molecule has 0 aliphatic carbocycles. The molecule has 4 nitrogen and oxygen atoms in total. The number of carbonyl (C=O) groups excluding carboxylic acids is 2. The van der Waals surface area contributed by atoms with Crippen molar-refractivity contribution in [1.29, 1.82) is 0 Å². The predicted octanol–water partition coefficient (Wildman–Crippen LogP) is 4.48. The van der Waals surface area contributed by atoms with Crippen LogP contribution in [0.25, 0.3) is 0 Å². The lowest BCUT2D eigenvalue weighted by Gasteiger charge is -2.13. The van der Waals surface area contributed by atoms with Crippen LogP contribution in [0.4, 0.5) is 9.18 Å². The summed E-state index contributed by atoms with van der Waals surface area (Å²) in [6, 6.07) is 0. The Morgan fingerprint density at radius 2 is 2.09 bits per heavy atom. The maximum absolute atomic E-state index is 12.5. The first-order valence-corrected chi connectivity index (χ1v) is 8.10. The smallest absolute Gasteiger partial charge is 0.324 e. The van der Waals surface area contributed by atoms with Crippen molar-refractivity contribution in [2.45, 2.75) is 6.92 Å². The highest BCUT2D eigenvalue weighted by molar-refractivity contribution is 9.12.